The Labute approximate surface area is 149 Å². The van der Waals surface area contributed by atoms with Crippen LogP contribution in [0.2, 0.25) is 0 Å². The number of aliphatic imine (C=N–C) groups is 2. The molecule has 1 rings (SSSR count). The second-order valence-electron chi connectivity index (χ2n) is 6.66. The number of hydrogen-bond acceptors (Lipinski definition) is 3. The van der Waals surface area contributed by atoms with Gasteiger partial charge in [-0.1, -0.05) is 78.1 Å². The van der Waals surface area contributed by atoms with Gasteiger partial charge in [0.05, 0.1) is 0 Å². The summed E-state index contributed by atoms with van der Waals surface area (Å²) in [6, 6.07) is 0. The highest BCUT2D eigenvalue weighted by atomic mass is 15.3. The van der Waals surface area contributed by atoms with Crippen molar-refractivity contribution in [1.82, 2.24) is 16.0 Å². The molecule has 0 unspecified atom stereocenters. The van der Waals surface area contributed by atoms with Gasteiger partial charge in [0.25, 0.3) is 0 Å². The number of unbranched alkanes of at least 4 members (excludes halogenated alkanes) is 10. The summed E-state index contributed by atoms with van der Waals surface area (Å²) in [7, 11) is 0. The standard InChI is InChI=1S/C19H39N5/c1-3-5-7-9-11-13-15-20-18-22-17-23-19(24-18)21-16-14-12-10-8-6-4-2/h3-17H2,1-2H3,(H3,20,21,22,23,24). The van der Waals surface area contributed by atoms with Gasteiger partial charge in [0, 0.05) is 13.1 Å². The maximum absolute atomic E-state index is 4.60. The molecular weight excluding hydrogens is 298 g/mol. The Morgan fingerprint density at radius 2 is 1.50 bits per heavy atom. The lowest BCUT2D eigenvalue weighted by atomic mass is 10.1. The lowest BCUT2D eigenvalue weighted by molar-refractivity contribution is 0.599. The monoisotopic (exact) mass is 337 g/mol. The molecule has 0 aliphatic carbocycles. The summed E-state index contributed by atoms with van der Waals surface area (Å²) < 4.78 is 0. The Kier molecular flexibility index (Phi) is 13.2. The van der Waals surface area contributed by atoms with Crippen molar-refractivity contribution < 1.29 is 0 Å². The van der Waals surface area contributed by atoms with Crippen molar-refractivity contribution in [3.05, 3.63) is 0 Å². The van der Waals surface area contributed by atoms with E-state index in [1.54, 1.807) is 0 Å². The molecule has 24 heavy (non-hydrogen) atoms. The molecule has 0 saturated heterocycles. The highest BCUT2D eigenvalue weighted by Crippen LogP contribution is 2.05. The Morgan fingerprint density at radius 3 is 2.21 bits per heavy atom. The summed E-state index contributed by atoms with van der Waals surface area (Å²) in [6.07, 6.45) is 15.7. The van der Waals surface area contributed by atoms with E-state index in [0.717, 1.165) is 25.0 Å². The van der Waals surface area contributed by atoms with Crippen LogP contribution in [0, 0.1) is 0 Å². The van der Waals surface area contributed by atoms with Gasteiger partial charge in [0.1, 0.15) is 6.67 Å². The zero-order chi connectivity index (χ0) is 17.3. The van der Waals surface area contributed by atoms with Crippen molar-refractivity contribution in [2.75, 3.05) is 19.8 Å². The zero-order valence-electron chi connectivity index (χ0n) is 16.0. The van der Waals surface area contributed by atoms with E-state index >= 15 is 0 Å². The third kappa shape index (κ3) is 11.3. The summed E-state index contributed by atoms with van der Waals surface area (Å²) in [6.45, 7) is 7.01. The molecule has 0 saturated carbocycles. The van der Waals surface area contributed by atoms with Gasteiger partial charge < -0.3 is 10.6 Å². The minimum Gasteiger partial charge on any atom is -0.356 e. The Hall–Kier alpha value is -1.26. The number of hydrogen-bond donors (Lipinski definition) is 3. The van der Waals surface area contributed by atoms with Crippen LogP contribution in [-0.2, 0) is 0 Å². The van der Waals surface area contributed by atoms with Crippen LogP contribution in [0.25, 0.3) is 0 Å². The number of nitrogens with zero attached hydrogens (tertiary/aromatic N) is 2. The van der Waals surface area contributed by atoms with Gasteiger partial charge in [-0.25, -0.2) is 4.99 Å². The van der Waals surface area contributed by atoms with Crippen molar-refractivity contribution >= 4 is 11.9 Å². The smallest absolute Gasteiger partial charge is 0.199 e. The largest absolute Gasteiger partial charge is 0.356 e. The summed E-state index contributed by atoms with van der Waals surface area (Å²) in [4.78, 5) is 9.01. The third-order valence-electron chi connectivity index (χ3n) is 4.32. The molecule has 0 radical (unpaired) electrons. The fourth-order valence-corrected chi connectivity index (χ4v) is 2.78. The third-order valence-corrected chi connectivity index (χ3v) is 4.32. The average molecular weight is 338 g/mol. The van der Waals surface area contributed by atoms with Crippen LogP contribution >= 0.6 is 0 Å². The van der Waals surface area contributed by atoms with E-state index in [1.165, 1.54) is 77.0 Å². The van der Waals surface area contributed by atoms with Crippen LogP contribution in [-0.4, -0.2) is 31.7 Å². The molecule has 5 heteroatoms. The second kappa shape index (κ2) is 15.3. The minimum absolute atomic E-state index is 0.612. The predicted molar refractivity (Wildman–Crippen MR) is 106 cm³/mol. The summed E-state index contributed by atoms with van der Waals surface area (Å²) in [5, 5.41) is 9.84. The average Bonchev–Trinajstić information content (AvgIpc) is 2.60. The molecule has 0 amide bonds. The molecule has 0 fully saturated rings. The first kappa shape index (κ1) is 20.8. The summed E-state index contributed by atoms with van der Waals surface area (Å²) in [5.74, 6) is 1.73. The lowest BCUT2D eigenvalue weighted by Gasteiger charge is -2.19. The Balaban J connectivity index is 2.04. The van der Waals surface area contributed by atoms with Crippen LogP contribution in [0.4, 0.5) is 0 Å². The highest BCUT2D eigenvalue weighted by molar-refractivity contribution is 6.00. The van der Waals surface area contributed by atoms with Gasteiger partial charge in [-0.2, -0.15) is 0 Å². The van der Waals surface area contributed by atoms with E-state index in [2.05, 4.69) is 39.8 Å². The molecule has 1 aliphatic rings. The normalized spacial score (nSPS) is 15.8. The first-order valence-electron chi connectivity index (χ1n) is 10.2. The molecule has 1 heterocycles. The summed E-state index contributed by atoms with van der Waals surface area (Å²) in [5.41, 5.74) is 0. The maximum Gasteiger partial charge on any atom is 0.199 e. The van der Waals surface area contributed by atoms with Crippen molar-refractivity contribution in [1.29, 1.82) is 0 Å². The quantitative estimate of drug-likeness (QED) is 0.417. The van der Waals surface area contributed by atoms with E-state index in [9.17, 15) is 0 Å². The van der Waals surface area contributed by atoms with Crippen LogP contribution in [0.5, 0.6) is 0 Å². The van der Waals surface area contributed by atoms with Crippen LogP contribution in [0.1, 0.15) is 90.9 Å². The molecule has 1 aliphatic heterocycles. The molecule has 3 N–H and O–H groups in total. The molecule has 0 bridgehead atoms. The molecule has 5 nitrogen and oxygen atoms in total. The van der Waals surface area contributed by atoms with E-state index in [1.807, 2.05) is 0 Å². The molecular formula is C19H39N5. The van der Waals surface area contributed by atoms with Gasteiger partial charge in [0.15, 0.2) is 11.9 Å². The first-order valence-corrected chi connectivity index (χ1v) is 10.2. The summed E-state index contributed by atoms with van der Waals surface area (Å²) >= 11 is 0. The van der Waals surface area contributed by atoms with E-state index < -0.39 is 0 Å². The highest BCUT2D eigenvalue weighted by Gasteiger charge is 2.07. The van der Waals surface area contributed by atoms with Crippen molar-refractivity contribution in [3.63, 3.8) is 0 Å². The predicted octanol–water partition coefficient (Wildman–Crippen LogP) is 4.16. The van der Waals surface area contributed by atoms with E-state index in [0.29, 0.717) is 6.67 Å². The van der Waals surface area contributed by atoms with Crippen LogP contribution < -0.4 is 16.0 Å². The topological polar surface area (TPSA) is 60.8 Å². The van der Waals surface area contributed by atoms with Crippen molar-refractivity contribution in [2.45, 2.75) is 90.9 Å². The van der Waals surface area contributed by atoms with Gasteiger partial charge in [-0.05, 0) is 12.8 Å². The Bertz CT molecular complexity index is 352. The van der Waals surface area contributed by atoms with Gasteiger partial charge in [0.2, 0.25) is 0 Å². The lowest BCUT2D eigenvalue weighted by Crippen LogP contribution is -2.51. The molecule has 0 aromatic carbocycles. The molecule has 0 spiro atoms. The van der Waals surface area contributed by atoms with Gasteiger partial charge in [-0.15, -0.1) is 0 Å². The van der Waals surface area contributed by atoms with E-state index in [-0.39, 0.29) is 0 Å². The Morgan fingerprint density at radius 1 is 0.875 bits per heavy atom. The van der Waals surface area contributed by atoms with Crippen LogP contribution in [0.3, 0.4) is 0 Å². The van der Waals surface area contributed by atoms with E-state index in [4.69, 9.17) is 0 Å². The first-order chi connectivity index (χ1) is 11.9. The SMILES string of the molecule is CCCCCCCCN=C1NCN=C(NCCCCCCCC)N1. The van der Waals surface area contributed by atoms with Crippen molar-refractivity contribution in [2.24, 2.45) is 9.98 Å². The van der Waals surface area contributed by atoms with Gasteiger partial charge >= 0.3 is 0 Å². The number of nitrogens with one attached hydrogen (secondary N) is 3. The minimum atomic E-state index is 0.612. The van der Waals surface area contributed by atoms with Crippen molar-refractivity contribution in [3.8, 4) is 0 Å². The molecule has 0 atom stereocenters. The number of rotatable bonds is 14. The second-order valence-corrected chi connectivity index (χ2v) is 6.66. The zero-order valence-corrected chi connectivity index (χ0v) is 16.0. The fourth-order valence-electron chi connectivity index (χ4n) is 2.78. The van der Waals surface area contributed by atoms with Crippen LogP contribution in [0.15, 0.2) is 9.98 Å². The molecule has 0 aromatic heterocycles. The fraction of sp³-hybridized carbons (Fsp3) is 0.895. The maximum atomic E-state index is 4.60. The van der Waals surface area contributed by atoms with Gasteiger partial charge in [-0.3, -0.25) is 10.3 Å². The molecule has 0 aromatic rings. The molecule has 140 valence electrons. The number of guanidine groups is 2.